The topological polar surface area (TPSA) is 248 Å². The van der Waals surface area contributed by atoms with E-state index in [0.29, 0.717) is 37.2 Å². The Morgan fingerprint density at radius 2 is 1.23 bits per heavy atom. The van der Waals surface area contributed by atoms with Crippen LogP contribution in [0.5, 0.6) is 0 Å². The number of ether oxygens (including phenoxy) is 2. The lowest BCUT2D eigenvalue weighted by Crippen LogP contribution is -2.57. The molecule has 480 valence electrons. The van der Waals surface area contributed by atoms with Gasteiger partial charge in [-0.2, -0.15) is 23.5 Å². The van der Waals surface area contributed by atoms with E-state index in [9.17, 15) is 43.2 Å². The molecule has 0 aromatic rings. The number of alkyl carbamates (subject to hydrolysis) is 1. The molecule has 5 atom stereocenters. The maximum atomic E-state index is 14.3. The van der Waals surface area contributed by atoms with Gasteiger partial charge in [-0.05, 0) is 124 Å². The number of methoxy groups -OCH3 is 1. The van der Waals surface area contributed by atoms with Gasteiger partial charge in [0.15, 0.2) is 5.12 Å². The van der Waals surface area contributed by atoms with Crippen LogP contribution in [0.25, 0.3) is 0 Å². The molecular weight excluding hydrogens is 1130 g/mol. The first kappa shape index (κ1) is 77.5. The standard InChI is InChI=1S/C63H109N7O11S3/c1-13-14-15-16-17-18-19-20-21-22-23-24-25-34-56(73)84-44-51(67-55(72)42-65-62(79)81-63(8,9)10)58(75)68-49(36-38-82-12)57(74)64-41-54(71)66-50(40-46(4)5)60(77)70-37-28-33-53(70)59(76)69-52(61(78)80-11)43-83-39-35-48(7)32-27-31-47(6)30-26-29-45(2)3/h29,31,35,46,49-53H,13-28,30,32-34,36-44H2,1-12H3,(H,64,74)(H,65,79)(H,66,71)(H,67,72)(H,68,75)(H,69,76)/b47-31+,48-35+/t49-,50-,51-,52-,53-/m0/s1. The van der Waals surface area contributed by atoms with Crippen molar-refractivity contribution in [2.24, 2.45) is 5.92 Å². The summed E-state index contributed by atoms with van der Waals surface area (Å²) < 4.78 is 10.3. The van der Waals surface area contributed by atoms with Crippen LogP contribution >= 0.6 is 35.3 Å². The molecule has 18 nitrogen and oxygen atoms in total. The summed E-state index contributed by atoms with van der Waals surface area (Å²) in [6.45, 7) is 18.7. The number of carbonyl (C=O) groups excluding carboxylic acids is 9. The molecule has 84 heavy (non-hydrogen) atoms. The van der Waals surface area contributed by atoms with Gasteiger partial charge in [-0.25, -0.2) is 9.59 Å². The Labute approximate surface area is 517 Å². The zero-order chi connectivity index (χ0) is 62.9. The summed E-state index contributed by atoms with van der Waals surface area (Å²) >= 11 is 3.84. The van der Waals surface area contributed by atoms with E-state index in [1.165, 1.54) is 110 Å². The summed E-state index contributed by atoms with van der Waals surface area (Å²) in [6.07, 6.45) is 28.4. The molecule has 0 aromatic heterocycles. The van der Waals surface area contributed by atoms with Crippen molar-refractivity contribution in [2.75, 3.05) is 56.0 Å². The van der Waals surface area contributed by atoms with Crippen LogP contribution in [0.2, 0.25) is 0 Å². The molecule has 21 heteroatoms. The van der Waals surface area contributed by atoms with Crippen molar-refractivity contribution < 1.29 is 52.6 Å². The van der Waals surface area contributed by atoms with Crippen LogP contribution in [0.1, 0.15) is 210 Å². The third-order valence-corrected chi connectivity index (χ3v) is 16.6. The first-order valence-electron chi connectivity index (χ1n) is 30.9. The van der Waals surface area contributed by atoms with Gasteiger partial charge in [0.05, 0.1) is 13.7 Å². The fourth-order valence-electron chi connectivity index (χ4n) is 9.24. The Morgan fingerprint density at radius 3 is 1.80 bits per heavy atom. The second-order valence-corrected chi connectivity index (χ2v) is 26.9. The molecule has 1 fully saturated rings. The highest BCUT2D eigenvalue weighted by molar-refractivity contribution is 8.13. The van der Waals surface area contributed by atoms with Crippen molar-refractivity contribution in [3.63, 3.8) is 0 Å². The van der Waals surface area contributed by atoms with Gasteiger partial charge < -0.3 is 46.3 Å². The Balaban J connectivity index is 3.00. The molecule has 1 aliphatic rings. The molecule has 0 aromatic carbocycles. The second kappa shape index (κ2) is 45.8. The molecular formula is C63H109N7O11S3. The van der Waals surface area contributed by atoms with Gasteiger partial charge in [0.2, 0.25) is 35.4 Å². The summed E-state index contributed by atoms with van der Waals surface area (Å²) in [7, 11) is 1.26. The third kappa shape index (κ3) is 37.8. The summed E-state index contributed by atoms with van der Waals surface area (Å²) in [6, 6.07) is -5.31. The molecule has 1 rings (SSSR count). The van der Waals surface area contributed by atoms with E-state index in [2.05, 4.69) is 84.7 Å². The molecule has 0 aliphatic carbocycles. The van der Waals surface area contributed by atoms with Gasteiger partial charge in [-0.15, -0.1) is 0 Å². The number of allylic oxidation sites excluding steroid dienone is 5. The molecule has 6 N–H and O–H groups in total. The van der Waals surface area contributed by atoms with Gasteiger partial charge in [-0.3, -0.25) is 33.6 Å². The van der Waals surface area contributed by atoms with E-state index in [-0.39, 0.29) is 41.9 Å². The summed E-state index contributed by atoms with van der Waals surface area (Å²) in [5.74, 6) is -3.24. The number of unbranched alkanes of at least 4 members (excludes halogenated alkanes) is 12. The lowest BCUT2D eigenvalue weighted by Gasteiger charge is -2.30. The van der Waals surface area contributed by atoms with Crippen LogP contribution in [-0.4, -0.2) is 149 Å². The van der Waals surface area contributed by atoms with Crippen LogP contribution < -0.4 is 31.9 Å². The number of nitrogens with zero attached hydrogens (tertiary/aromatic N) is 1. The van der Waals surface area contributed by atoms with Gasteiger partial charge in [0.25, 0.3) is 0 Å². The first-order chi connectivity index (χ1) is 39.9. The van der Waals surface area contributed by atoms with Crippen LogP contribution in [0.4, 0.5) is 4.79 Å². The Bertz CT molecular complexity index is 2110. The smallest absolute Gasteiger partial charge is 0.408 e. The first-order valence-corrected chi connectivity index (χ1v) is 34.4. The predicted octanol–water partition coefficient (Wildman–Crippen LogP) is 10.4. The molecule has 0 radical (unpaired) electrons. The summed E-state index contributed by atoms with van der Waals surface area (Å²) in [5.41, 5.74) is 3.11. The van der Waals surface area contributed by atoms with Crippen molar-refractivity contribution in [1.29, 1.82) is 0 Å². The molecule has 0 unspecified atom stereocenters. The van der Waals surface area contributed by atoms with Gasteiger partial charge in [0.1, 0.15) is 42.4 Å². The Kier molecular flexibility index (Phi) is 42.2. The number of thioether (sulfide) groups is 3. The number of rotatable bonds is 44. The number of carbonyl (C=O) groups is 9. The average molecular weight is 1240 g/mol. The minimum atomic E-state index is -1.28. The molecule has 1 aliphatic heterocycles. The highest BCUT2D eigenvalue weighted by Crippen LogP contribution is 2.22. The number of nitrogens with one attached hydrogen (secondary N) is 6. The quantitative estimate of drug-likeness (QED) is 0.0189. The van der Waals surface area contributed by atoms with E-state index in [0.717, 1.165) is 56.7 Å². The van der Waals surface area contributed by atoms with E-state index < -0.39 is 96.4 Å². The molecule has 1 heterocycles. The van der Waals surface area contributed by atoms with Crippen LogP contribution in [0.15, 0.2) is 34.9 Å². The predicted molar refractivity (Wildman–Crippen MR) is 345 cm³/mol. The fourth-order valence-corrected chi connectivity index (χ4v) is 11.6. The molecule has 1 saturated heterocycles. The van der Waals surface area contributed by atoms with Crippen LogP contribution in [0, 0.1) is 5.92 Å². The highest BCUT2D eigenvalue weighted by Gasteiger charge is 2.39. The SMILES string of the molecule is CCCCCCCCCCCCCCCC(=O)SC[C@H](NC(=O)CNC(=O)OC(C)(C)C)C(=O)N[C@@H](CCSC)C(=O)NCC(=O)N[C@@H](CC(C)C)C(=O)N1CCC[C@H]1C(=O)N[C@@H](CSC/C=C(\C)CC/C=C(\C)CCC=C(C)C)C(=O)OC. The largest absolute Gasteiger partial charge is 0.467 e. The highest BCUT2D eigenvalue weighted by atomic mass is 32.2. The monoisotopic (exact) mass is 1240 g/mol. The molecule has 7 amide bonds. The molecule has 0 spiro atoms. The second-order valence-electron chi connectivity index (χ2n) is 23.7. The average Bonchev–Trinajstić information content (AvgIpc) is 3.99. The zero-order valence-electron chi connectivity index (χ0n) is 53.4. The summed E-state index contributed by atoms with van der Waals surface area (Å²) in [4.78, 5) is 122. The van der Waals surface area contributed by atoms with Gasteiger partial charge in [-0.1, -0.05) is 145 Å². The maximum Gasteiger partial charge on any atom is 0.408 e. The van der Waals surface area contributed by atoms with E-state index in [1.54, 1.807) is 20.8 Å². The van der Waals surface area contributed by atoms with Crippen molar-refractivity contribution >= 4 is 87.9 Å². The maximum absolute atomic E-state index is 14.3. The van der Waals surface area contributed by atoms with Gasteiger partial charge >= 0.3 is 12.1 Å². The van der Waals surface area contributed by atoms with Crippen LogP contribution in [0.3, 0.4) is 0 Å². The molecule has 0 saturated carbocycles. The Hall–Kier alpha value is -4.50. The van der Waals surface area contributed by atoms with Crippen LogP contribution in [-0.2, 0) is 47.8 Å². The van der Waals surface area contributed by atoms with E-state index in [4.69, 9.17) is 9.47 Å². The summed E-state index contributed by atoms with van der Waals surface area (Å²) in [5, 5.41) is 15.7. The normalized spacial score (nSPS) is 15.1. The van der Waals surface area contributed by atoms with Crippen molar-refractivity contribution in [2.45, 2.75) is 246 Å². The lowest BCUT2D eigenvalue weighted by molar-refractivity contribution is -0.146. The van der Waals surface area contributed by atoms with E-state index in [1.807, 2.05) is 20.1 Å². The number of esters is 1. The lowest BCUT2D eigenvalue weighted by atomic mass is 10.0. The Morgan fingerprint density at radius 1 is 0.655 bits per heavy atom. The fraction of sp³-hybridized carbons (Fsp3) is 0.762. The van der Waals surface area contributed by atoms with Gasteiger partial charge in [0, 0.05) is 30.2 Å². The molecule has 0 bridgehead atoms. The van der Waals surface area contributed by atoms with Crippen molar-refractivity contribution in [3.05, 3.63) is 34.9 Å². The minimum absolute atomic E-state index is 0.0550. The minimum Gasteiger partial charge on any atom is -0.467 e. The number of hydrogen-bond acceptors (Lipinski definition) is 14. The van der Waals surface area contributed by atoms with Crippen molar-refractivity contribution in [1.82, 2.24) is 36.8 Å². The third-order valence-electron chi connectivity index (χ3n) is 13.9. The van der Waals surface area contributed by atoms with E-state index >= 15 is 0 Å². The van der Waals surface area contributed by atoms with Crippen molar-refractivity contribution in [3.8, 4) is 0 Å². The zero-order valence-corrected chi connectivity index (χ0v) is 55.8. The number of hydrogen-bond donors (Lipinski definition) is 6. The number of amides is 7. The number of likely N-dealkylation sites (tertiary alicyclic amines) is 1.